The van der Waals surface area contributed by atoms with Crippen LogP contribution in [-0.2, 0) is 50.2 Å². The predicted octanol–water partition coefficient (Wildman–Crippen LogP) is 6.29. The number of hydrogen-bond donors (Lipinski definition) is 0. The quantitative estimate of drug-likeness (QED) is 0.106. The molecule has 0 radical (unpaired) electrons. The number of rotatable bonds is 18. The first-order chi connectivity index (χ1) is 20.3. The van der Waals surface area contributed by atoms with Crippen LogP contribution in [0.1, 0.15) is 22.3 Å². The summed E-state index contributed by atoms with van der Waals surface area (Å²) in [7, 11) is 0. The van der Waals surface area contributed by atoms with Crippen LogP contribution in [0.4, 0.5) is 0 Å². The minimum absolute atomic E-state index is 0.0205. The Hall–Kier alpha value is -4.01. The lowest BCUT2D eigenvalue weighted by atomic mass is 10.0. The SMILES string of the molecule is O=C[C@@H](OCc1ccccc1)[C@H](OCc1ccccc1)C(OCc1ccccc1)C(COCc1ccccc1)N=O. The van der Waals surface area contributed by atoms with Crippen molar-refractivity contribution in [2.45, 2.75) is 50.8 Å². The van der Waals surface area contributed by atoms with Crippen LogP contribution in [0.3, 0.4) is 0 Å². The van der Waals surface area contributed by atoms with Gasteiger partial charge in [0.2, 0.25) is 0 Å². The highest BCUT2D eigenvalue weighted by Gasteiger charge is 2.39. The maximum Gasteiger partial charge on any atom is 0.151 e. The van der Waals surface area contributed by atoms with E-state index in [1.165, 1.54) is 0 Å². The smallest absolute Gasteiger partial charge is 0.151 e. The van der Waals surface area contributed by atoms with Gasteiger partial charge < -0.3 is 23.7 Å². The van der Waals surface area contributed by atoms with E-state index in [0.29, 0.717) is 12.9 Å². The van der Waals surface area contributed by atoms with Crippen molar-refractivity contribution in [3.63, 3.8) is 0 Å². The molecule has 7 heteroatoms. The van der Waals surface area contributed by atoms with Gasteiger partial charge in [-0.1, -0.05) is 127 Å². The summed E-state index contributed by atoms with van der Waals surface area (Å²) in [5.74, 6) is 0. The van der Waals surface area contributed by atoms with Crippen LogP contribution in [0.5, 0.6) is 0 Å². The molecule has 4 rings (SSSR count). The molecular formula is C34H35NO6. The van der Waals surface area contributed by atoms with Crippen LogP contribution in [-0.4, -0.2) is 37.2 Å². The van der Waals surface area contributed by atoms with E-state index in [0.717, 1.165) is 22.3 Å². The van der Waals surface area contributed by atoms with Gasteiger partial charge in [-0.3, -0.25) is 0 Å². The second kappa shape index (κ2) is 16.9. The van der Waals surface area contributed by atoms with Crippen molar-refractivity contribution in [3.05, 3.63) is 148 Å². The van der Waals surface area contributed by atoms with Gasteiger partial charge in [0.1, 0.15) is 24.4 Å². The molecule has 0 saturated heterocycles. The van der Waals surface area contributed by atoms with E-state index < -0.39 is 24.4 Å². The fourth-order valence-corrected chi connectivity index (χ4v) is 4.37. The minimum atomic E-state index is -1.03. The first-order valence-corrected chi connectivity index (χ1v) is 13.6. The summed E-state index contributed by atoms with van der Waals surface area (Å²) in [4.78, 5) is 24.7. The van der Waals surface area contributed by atoms with Gasteiger partial charge in [-0.05, 0) is 22.3 Å². The molecule has 4 aromatic carbocycles. The fourth-order valence-electron chi connectivity index (χ4n) is 4.37. The molecule has 0 saturated carbocycles. The Morgan fingerprint density at radius 3 is 1.34 bits per heavy atom. The van der Waals surface area contributed by atoms with E-state index in [-0.39, 0.29) is 26.4 Å². The van der Waals surface area contributed by atoms with Gasteiger partial charge in [-0.2, -0.15) is 4.91 Å². The highest BCUT2D eigenvalue weighted by Crippen LogP contribution is 2.22. The first kappa shape index (κ1) is 30.0. The minimum Gasteiger partial charge on any atom is -0.374 e. The van der Waals surface area contributed by atoms with Gasteiger partial charge in [0.15, 0.2) is 6.29 Å². The van der Waals surface area contributed by atoms with Gasteiger partial charge in [-0.15, -0.1) is 0 Å². The molecule has 7 nitrogen and oxygen atoms in total. The summed E-state index contributed by atoms with van der Waals surface area (Å²) in [6.45, 7) is 0.838. The van der Waals surface area contributed by atoms with Crippen molar-refractivity contribution >= 4 is 6.29 Å². The molecule has 0 fully saturated rings. The van der Waals surface area contributed by atoms with Crippen molar-refractivity contribution in [2.24, 2.45) is 5.18 Å². The number of nitroso groups, excluding NO2 is 1. The second-order valence-corrected chi connectivity index (χ2v) is 9.59. The van der Waals surface area contributed by atoms with Crippen molar-refractivity contribution in [1.82, 2.24) is 0 Å². The molecule has 212 valence electrons. The third-order valence-corrected chi connectivity index (χ3v) is 6.55. The Morgan fingerprint density at radius 1 is 0.537 bits per heavy atom. The zero-order valence-corrected chi connectivity index (χ0v) is 22.9. The van der Waals surface area contributed by atoms with Crippen LogP contribution in [0, 0.1) is 4.91 Å². The van der Waals surface area contributed by atoms with Crippen LogP contribution < -0.4 is 0 Å². The van der Waals surface area contributed by atoms with E-state index >= 15 is 0 Å². The molecule has 0 amide bonds. The van der Waals surface area contributed by atoms with Crippen molar-refractivity contribution in [1.29, 1.82) is 0 Å². The largest absolute Gasteiger partial charge is 0.374 e. The lowest BCUT2D eigenvalue weighted by Gasteiger charge is -2.33. The monoisotopic (exact) mass is 553 g/mol. The van der Waals surface area contributed by atoms with E-state index in [9.17, 15) is 9.70 Å². The van der Waals surface area contributed by atoms with Gasteiger partial charge in [0, 0.05) is 0 Å². The third kappa shape index (κ3) is 9.84. The molecule has 0 aliphatic rings. The number of hydrogen-bond acceptors (Lipinski definition) is 7. The molecule has 4 atom stereocenters. The fraction of sp³-hybridized carbons (Fsp3) is 0.265. The van der Waals surface area contributed by atoms with Gasteiger partial charge in [0.25, 0.3) is 0 Å². The zero-order chi connectivity index (χ0) is 28.5. The summed E-state index contributed by atoms with van der Waals surface area (Å²) in [6.07, 6.45) is -2.20. The Bertz CT molecular complexity index is 1270. The second-order valence-electron chi connectivity index (χ2n) is 9.59. The molecule has 0 aliphatic heterocycles. The van der Waals surface area contributed by atoms with E-state index in [4.69, 9.17) is 18.9 Å². The summed E-state index contributed by atoms with van der Waals surface area (Å²) >= 11 is 0. The maximum absolute atomic E-state index is 12.5. The Labute approximate surface area is 241 Å². The average Bonchev–Trinajstić information content (AvgIpc) is 3.04. The third-order valence-electron chi connectivity index (χ3n) is 6.55. The molecule has 0 spiro atoms. The van der Waals surface area contributed by atoms with Crippen molar-refractivity contribution in [3.8, 4) is 0 Å². The molecule has 4 aromatic rings. The molecule has 0 N–H and O–H groups in total. The maximum atomic E-state index is 12.5. The lowest BCUT2D eigenvalue weighted by Crippen LogP contribution is -2.50. The van der Waals surface area contributed by atoms with E-state index in [1.54, 1.807) is 0 Å². The average molecular weight is 554 g/mol. The van der Waals surface area contributed by atoms with Crippen LogP contribution >= 0.6 is 0 Å². The number of benzene rings is 4. The summed E-state index contributed by atoms with van der Waals surface area (Å²) < 4.78 is 24.6. The topological polar surface area (TPSA) is 83.4 Å². The normalized spacial score (nSPS) is 14.0. The van der Waals surface area contributed by atoms with Gasteiger partial charge in [0.05, 0.1) is 33.0 Å². The van der Waals surface area contributed by atoms with Crippen molar-refractivity contribution < 1.29 is 23.7 Å². The van der Waals surface area contributed by atoms with Gasteiger partial charge >= 0.3 is 0 Å². The van der Waals surface area contributed by atoms with E-state index in [1.807, 2.05) is 121 Å². The molecule has 0 heterocycles. The Kier molecular flexibility index (Phi) is 12.4. The highest BCUT2D eigenvalue weighted by molar-refractivity contribution is 5.57. The van der Waals surface area contributed by atoms with Crippen LogP contribution in [0.25, 0.3) is 0 Å². The number of ether oxygens (including phenoxy) is 4. The summed E-state index contributed by atoms with van der Waals surface area (Å²) in [6, 6.07) is 37.4. The summed E-state index contributed by atoms with van der Waals surface area (Å²) in [5.41, 5.74) is 3.68. The number of carbonyl (C=O) groups is 1. The molecule has 0 aromatic heterocycles. The number of carbonyl (C=O) groups excluding carboxylic acids is 1. The molecular weight excluding hydrogens is 518 g/mol. The number of nitrogens with zero attached hydrogens (tertiary/aromatic N) is 1. The van der Waals surface area contributed by atoms with E-state index in [2.05, 4.69) is 5.18 Å². The molecule has 2 unspecified atom stereocenters. The number of aldehydes is 1. The molecule has 0 bridgehead atoms. The van der Waals surface area contributed by atoms with Crippen molar-refractivity contribution in [2.75, 3.05) is 6.61 Å². The Morgan fingerprint density at radius 2 is 0.927 bits per heavy atom. The van der Waals surface area contributed by atoms with Gasteiger partial charge in [-0.25, -0.2) is 0 Å². The first-order valence-electron chi connectivity index (χ1n) is 13.6. The van der Waals surface area contributed by atoms with Crippen LogP contribution in [0.2, 0.25) is 0 Å². The standard InChI is InChI=1S/C34H35NO6/c36-21-32(39-23-28-15-7-2-8-16-28)34(41-25-30-19-11-4-12-20-30)33(40-24-29-17-9-3-10-18-29)31(35-37)26-38-22-27-13-5-1-6-14-27/h1-21,31-34H,22-26H2/t31?,32-,33?,34+/m1/s1. The Balaban J connectivity index is 1.57. The molecule has 0 aliphatic carbocycles. The zero-order valence-electron chi connectivity index (χ0n) is 22.9. The lowest BCUT2D eigenvalue weighted by molar-refractivity contribution is -0.165. The highest BCUT2D eigenvalue weighted by atomic mass is 16.6. The predicted molar refractivity (Wildman–Crippen MR) is 157 cm³/mol. The summed E-state index contributed by atoms with van der Waals surface area (Å²) in [5, 5.41) is 3.39. The molecule has 41 heavy (non-hydrogen) atoms. The van der Waals surface area contributed by atoms with Crippen LogP contribution in [0.15, 0.2) is 127 Å².